The predicted molar refractivity (Wildman–Crippen MR) is 60.9 cm³/mol. The molecule has 3 heteroatoms. The zero-order valence-electron chi connectivity index (χ0n) is 10.4. The number of methoxy groups -OCH3 is 1. The third kappa shape index (κ3) is 3.02. The molecular formula is C12H23NO2. The average molecular weight is 213 g/mol. The van der Waals surface area contributed by atoms with Crippen LogP contribution in [0, 0.1) is 5.41 Å². The van der Waals surface area contributed by atoms with Crippen LogP contribution in [-0.2, 0) is 9.53 Å². The number of hydrogen-bond donors (Lipinski definition) is 0. The van der Waals surface area contributed by atoms with Crippen molar-refractivity contribution in [2.75, 3.05) is 26.8 Å². The van der Waals surface area contributed by atoms with E-state index in [1.54, 1.807) is 7.11 Å². The smallest absolute Gasteiger partial charge is 0.128 e. The fourth-order valence-corrected chi connectivity index (χ4v) is 2.21. The topological polar surface area (TPSA) is 29.5 Å². The average Bonchev–Trinajstić information content (AvgIpc) is 2.17. The third-order valence-corrected chi connectivity index (χ3v) is 3.39. The minimum atomic E-state index is -0.226. The third-order valence-electron chi connectivity index (χ3n) is 3.39. The first-order chi connectivity index (χ1) is 6.93. The van der Waals surface area contributed by atoms with Crippen LogP contribution in [0.3, 0.4) is 0 Å². The van der Waals surface area contributed by atoms with Gasteiger partial charge in [0.25, 0.3) is 0 Å². The summed E-state index contributed by atoms with van der Waals surface area (Å²) in [6, 6.07) is 0. The molecule has 0 aromatic rings. The molecule has 0 aliphatic carbocycles. The van der Waals surface area contributed by atoms with Gasteiger partial charge in [0.1, 0.15) is 6.29 Å². The Balaban J connectivity index is 2.57. The second-order valence-corrected chi connectivity index (χ2v) is 5.57. The van der Waals surface area contributed by atoms with Crippen molar-refractivity contribution < 1.29 is 9.53 Å². The van der Waals surface area contributed by atoms with Crippen LogP contribution in [0.25, 0.3) is 0 Å². The summed E-state index contributed by atoms with van der Waals surface area (Å²) in [6.07, 6.45) is 2.93. The Hall–Kier alpha value is -0.410. The molecule has 0 aromatic heterocycles. The zero-order valence-corrected chi connectivity index (χ0v) is 10.4. The van der Waals surface area contributed by atoms with E-state index < -0.39 is 0 Å². The van der Waals surface area contributed by atoms with E-state index in [9.17, 15) is 4.79 Å². The summed E-state index contributed by atoms with van der Waals surface area (Å²) in [7, 11) is 1.67. The van der Waals surface area contributed by atoms with Gasteiger partial charge in [0.15, 0.2) is 0 Å². The van der Waals surface area contributed by atoms with Gasteiger partial charge >= 0.3 is 0 Å². The Morgan fingerprint density at radius 3 is 2.20 bits per heavy atom. The first-order valence-corrected chi connectivity index (χ1v) is 5.64. The summed E-state index contributed by atoms with van der Waals surface area (Å²) in [5.41, 5.74) is -0.0153. The first-order valence-electron chi connectivity index (χ1n) is 5.64. The highest BCUT2D eigenvalue weighted by Crippen LogP contribution is 2.32. The highest BCUT2D eigenvalue weighted by atomic mass is 16.5. The van der Waals surface area contributed by atoms with E-state index in [1.807, 2.05) is 0 Å². The molecule has 0 aromatic carbocycles. The van der Waals surface area contributed by atoms with E-state index >= 15 is 0 Å². The van der Waals surface area contributed by atoms with Crippen molar-refractivity contribution in [1.29, 1.82) is 0 Å². The molecule has 0 unspecified atom stereocenters. The largest absolute Gasteiger partial charge is 0.384 e. The van der Waals surface area contributed by atoms with Crippen molar-refractivity contribution >= 4 is 6.29 Å². The van der Waals surface area contributed by atoms with Crippen molar-refractivity contribution in [2.45, 2.75) is 39.2 Å². The fourth-order valence-electron chi connectivity index (χ4n) is 2.21. The van der Waals surface area contributed by atoms with E-state index in [2.05, 4.69) is 25.7 Å². The molecule has 0 radical (unpaired) electrons. The summed E-state index contributed by atoms with van der Waals surface area (Å²) < 4.78 is 5.15. The number of piperidine rings is 1. The molecule has 1 aliphatic rings. The molecule has 0 spiro atoms. The Morgan fingerprint density at radius 2 is 1.87 bits per heavy atom. The van der Waals surface area contributed by atoms with Gasteiger partial charge in [0.2, 0.25) is 0 Å². The number of aldehydes is 1. The van der Waals surface area contributed by atoms with Crippen LogP contribution < -0.4 is 0 Å². The molecule has 1 aliphatic heterocycles. The summed E-state index contributed by atoms with van der Waals surface area (Å²) in [4.78, 5) is 13.6. The quantitative estimate of drug-likeness (QED) is 0.668. The monoisotopic (exact) mass is 213 g/mol. The SMILES string of the molecule is COCC1(C=O)CCN(C(C)(C)C)CC1. The lowest BCUT2D eigenvalue weighted by molar-refractivity contribution is -0.123. The van der Waals surface area contributed by atoms with Crippen LogP contribution in [0.4, 0.5) is 0 Å². The van der Waals surface area contributed by atoms with Crippen LogP contribution in [0.1, 0.15) is 33.6 Å². The Morgan fingerprint density at radius 1 is 1.33 bits per heavy atom. The molecule has 0 N–H and O–H groups in total. The van der Waals surface area contributed by atoms with Crippen molar-refractivity contribution in [2.24, 2.45) is 5.41 Å². The van der Waals surface area contributed by atoms with Gasteiger partial charge in [0, 0.05) is 12.6 Å². The second kappa shape index (κ2) is 4.62. The van der Waals surface area contributed by atoms with E-state index in [0.717, 1.165) is 32.2 Å². The molecule has 0 saturated carbocycles. The maximum atomic E-state index is 11.1. The molecule has 0 bridgehead atoms. The van der Waals surface area contributed by atoms with Gasteiger partial charge in [0.05, 0.1) is 12.0 Å². The Bertz CT molecular complexity index is 212. The van der Waals surface area contributed by atoms with Crippen molar-refractivity contribution in [3.63, 3.8) is 0 Å². The van der Waals surface area contributed by atoms with Crippen molar-refractivity contribution in [1.82, 2.24) is 4.90 Å². The Kier molecular flexibility index (Phi) is 3.90. The maximum absolute atomic E-state index is 11.1. The number of rotatable bonds is 3. The van der Waals surface area contributed by atoms with Gasteiger partial charge in [-0.05, 0) is 46.7 Å². The molecule has 88 valence electrons. The van der Waals surface area contributed by atoms with Gasteiger partial charge in [-0.2, -0.15) is 0 Å². The normalized spacial score (nSPS) is 22.7. The van der Waals surface area contributed by atoms with E-state index in [4.69, 9.17) is 4.74 Å². The van der Waals surface area contributed by atoms with E-state index in [-0.39, 0.29) is 11.0 Å². The first kappa shape index (κ1) is 12.7. The second-order valence-electron chi connectivity index (χ2n) is 5.57. The van der Waals surface area contributed by atoms with Crippen LogP contribution in [0.15, 0.2) is 0 Å². The lowest BCUT2D eigenvalue weighted by Gasteiger charge is -2.44. The zero-order chi connectivity index (χ0) is 11.5. The van der Waals surface area contributed by atoms with Crippen molar-refractivity contribution in [3.05, 3.63) is 0 Å². The van der Waals surface area contributed by atoms with Crippen LogP contribution in [0.5, 0.6) is 0 Å². The lowest BCUT2D eigenvalue weighted by atomic mass is 9.79. The highest BCUT2D eigenvalue weighted by molar-refractivity contribution is 5.59. The highest BCUT2D eigenvalue weighted by Gasteiger charge is 2.37. The number of carbonyl (C=O) groups is 1. The molecule has 1 saturated heterocycles. The molecule has 0 atom stereocenters. The summed E-state index contributed by atoms with van der Waals surface area (Å²) >= 11 is 0. The molecule has 0 amide bonds. The van der Waals surface area contributed by atoms with Crippen molar-refractivity contribution in [3.8, 4) is 0 Å². The number of nitrogens with zero attached hydrogens (tertiary/aromatic N) is 1. The summed E-state index contributed by atoms with van der Waals surface area (Å²) in [5, 5.41) is 0. The molecule has 15 heavy (non-hydrogen) atoms. The number of carbonyl (C=O) groups excluding carboxylic acids is 1. The maximum Gasteiger partial charge on any atom is 0.128 e. The molecule has 3 nitrogen and oxygen atoms in total. The van der Waals surface area contributed by atoms with Crippen LogP contribution >= 0.6 is 0 Å². The van der Waals surface area contributed by atoms with Gasteiger partial charge < -0.3 is 9.53 Å². The predicted octanol–water partition coefficient (Wildman–Crippen LogP) is 1.71. The summed E-state index contributed by atoms with van der Waals surface area (Å²) in [6.45, 7) is 9.21. The number of hydrogen-bond acceptors (Lipinski definition) is 3. The lowest BCUT2D eigenvalue weighted by Crippen LogP contribution is -2.50. The van der Waals surface area contributed by atoms with Crippen LogP contribution in [-0.4, -0.2) is 43.5 Å². The van der Waals surface area contributed by atoms with Gasteiger partial charge in [-0.25, -0.2) is 0 Å². The van der Waals surface area contributed by atoms with Gasteiger partial charge in [-0.1, -0.05) is 0 Å². The molecule has 1 rings (SSSR count). The minimum absolute atomic E-state index is 0.210. The molecule has 1 fully saturated rings. The van der Waals surface area contributed by atoms with E-state index in [0.29, 0.717) is 6.61 Å². The molecule has 1 heterocycles. The summed E-state index contributed by atoms with van der Waals surface area (Å²) in [5.74, 6) is 0. The number of ether oxygens (including phenoxy) is 1. The van der Waals surface area contributed by atoms with Gasteiger partial charge in [-0.3, -0.25) is 4.90 Å². The molecular weight excluding hydrogens is 190 g/mol. The standard InChI is InChI=1S/C12H23NO2/c1-11(2,3)13-7-5-12(9-14,6-8-13)10-15-4/h9H,5-8,10H2,1-4H3. The van der Waals surface area contributed by atoms with E-state index in [1.165, 1.54) is 0 Å². The number of likely N-dealkylation sites (tertiary alicyclic amines) is 1. The fraction of sp³-hybridized carbons (Fsp3) is 0.917. The minimum Gasteiger partial charge on any atom is -0.384 e. The Labute approximate surface area is 92.8 Å². The van der Waals surface area contributed by atoms with Crippen LogP contribution in [0.2, 0.25) is 0 Å². The van der Waals surface area contributed by atoms with Gasteiger partial charge in [-0.15, -0.1) is 0 Å².